The highest BCUT2D eigenvalue weighted by atomic mass is 32.2. The van der Waals surface area contributed by atoms with E-state index in [9.17, 15) is 13.2 Å². The van der Waals surface area contributed by atoms with E-state index in [1.54, 1.807) is 18.2 Å². The van der Waals surface area contributed by atoms with E-state index >= 15 is 0 Å². The van der Waals surface area contributed by atoms with Gasteiger partial charge in [0.2, 0.25) is 11.9 Å². The Kier molecular flexibility index (Phi) is 8.40. The molecule has 2 aromatic rings. The van der Waals surface area contributed by atoms with E-state index in [4.69, 9.17) is 11.5 Å². The lowest BCUT2D eigenvalue weighted by Crippen LogP contribution is -2.41. The van der Waals surface area contributed by atoms with Gasteiger partial charge in [0.25, 0.3) is 10.0 Å². The van der Waals surface area contributed by atoms with Crippen molar-refractivity contribution in [3.63, 3.8) is 0 Å². The van der Waals surface area contributed by atoms with Gasteiger partial charge in [-0.15, -0.1) is 6.58 Å². The van der Waals surface area contributed by atoms with Crippen LogP contribution in [0.1, 0.15) is 12.8 Å². The van der Waals surface area contributed by atoms with Crippen molar-refractivity contribution >= 4 is 38.3 Å². The number of amides is 1. The smallest absolute Gasteiger partial charge is 0.264 e. The Balaban J connectivity index is 2.11. The summed E-state index contributed by atoms with van der Waals surface area (Å²) in [6.45, 7) is 4.28. The summed E-state index contributed by atoms with van der Waals surface area (Å²) >= 11 is 0. The third-order valence-electron chi connectivity index (χ3n) is 4.65. The lowest BCUT2D eigenvalue weighted by atomic mass is 10.1. The fourth-order valence-electron chi connectivity index (χ4n) is 3.18. The van der Waals surface area contributed by atoms with Crippen LogP contribution < -0.4 is 26.4 Å². The second-order valence-corrected chi connectivity index (χ2v) is 8.84. The number of hydrogen-bond acceptors (Lipinski definition) is 6. The summed E-state index contributed by atoms with van der Waals surface area (Å²) < 4.78 is 28.2. The van der Waals surface area contributed by atoms with E-state index in [0.29, 0.717) is 24.8 Å². The summed E-state index contributed by atoms with van der Waals surface area (Å²) in [5.74, 6) is -0.678. The molecule has 0 aliphatic carbocycles. The van der Waals surface area contributed by atoms with E-state index < -0.39 is 22.0 Å². The zero-order chi connectivity index (χ0) is 23.0. The number of nitrogens with one attached hydrogen (secondary N) is 2. The molecule has 0 heterocycles. The van der Waals surface area contributed by atoms with Crippen molar-refractivity contribution in [3.8, 4) is 0 Å². The second kappa shape index (κ2) is 10.8. The molecule has 1 atom stereocenters. The highest BCUT2D eigenvalue weighted by Gasteiger charge is 2.19. The molecule has 0 bridgehead atoms. The number of sulfonamides is 1. The molecule has 168 valence electrons. The SMILES string of the molecule is C=CCN[C@@H](CCCN=C(N)NS(=O)(=O)c1cccc2c(N(C)C)cccc12)C(N)=O. The largest absolute Gasteiger partial charge is 0.377 e. The predicted octanol–water partition coefficient (Wildman–Crippen LogP) is 0.909. The molecule has 1 amide bonds. The molecule has 31 heavy (non-hydrogen) atoms. The van der Waals surface area contributed by atoms with Gasteiger partial charge in [-0.05, 0) is 25.0 Å². The maximum Gasteiger partial charge on any atom is 0.264 e. The number of carbonyl (C=O) groups excluding carboxylic acids is 1. The summed E-state index contributed by atoms with van der Waals surface area (Å²) in [5, 5.41) is 4.36. The summed E-state index contributed by atoms with van der Waals surface area (Å²) in [5.41, 5.74) is 12.1. The van der Waals surface area contributed by atoms with Gasteiger partial charge in [0.05, 0.1) is 10.9 Å². The third kappa shape index (κ3) is 6.43. The molecule has 2 aromatic carbocycles. The molecular weight excluding hydrogens is 416 g/mol. The normalized spacial score (nSPS) is 13.0. The van der Waals surface area contributed by atoms with Crippen LogP contribution in [-0.4, -0.2) is 53.5 Å². The van der Waals surface area contributed by atoms with Gasteiger partial charge in [0.15, 0.2) is 0 Å². The Morgan fingerprint density at radius 2 is 1.87 bits per heavy atom. The Bertz CT molecular complexity index is 1070. The van der Waals surface area contributed by atoms with Gasteiger partial charge >= 0.3 is 0 Å². The van der Waals surface area contributed by atoms with Crippen LogP contribution in [0.2, 0.25) is 0 Å². The van der Waals surface area contributed by atoms with Crippen molar-refractivity contribution < 1.29 is 13.2 Å². The van der Waals surface area contributed by atoms with Crippen molar-refractivity contribution in [1.29, 1.82) is 0 Å². The van der Waals surface area contributed by atoms with Crippen molar-refractivity contribution in [3.05, 3.63) is 49.1 Å². The lowest BCUT2D eigenvalue weighted by Gasteiger charge is -2.17. The van der Waals surface area contributed by atoms with Gasteiger partial charge < -0.3 is 21.7 Å². The maximum absolute atomic E-state index is 12.9. The fraction of sp³-hybridized carbons (Fsp3) is 0.333. The minimum atomic E-state index is -3.93. The Labute approximate surface area is 183 Å². The van der Waals surface area contributed by atoms with Crippen molar-refractivity contribution in [2.24, 2.45) is 16.5 Å². The molecule has 0 aliphatic heterocycles. The number of fused-ring (bicyclic) bond motifs is 1. The molecule has 6 N–H and O–H groups in total. The molecule has 9 nitrogen and oxygen atoms in total. The zero-order valence-corrected chi connectivity index (χ0v) is 18.7. The topological polar surface area (TPSA) is 143 Å². The first-order valence-electron chi connectivity index (χ1n) is 9.82. The number of nitrogens with two attached hydrogens (primary N) is 2. The monoisotopic (exact) mass is 446 g/mol. The Hall–Kier alpha value is -3.11. The van der Waals surface area contributed by atoms with Crippen LogP contribution >= 0.6 is 0 Å². The van der Waals surface area contributed by atoms with Gasteiger partial charge in [-0.3, -0.25) is 9.79 Å². The van der Waals surface area contributed by atoms with E-state index in [0.717, 1.165) is 11.1 Å². The zero-order valence-electron chi connectivity index (χ0n) is 17.8. The van der Waals surface area contributed by atoms with Crippen LogP contribution in [0.25, 0.3) is 10.8 Å². The second-order valence-electron chi connectivity index (χ2n) is 7.19. The highest BCUT2D eigenvalue weighted by molar-refractivity contribution is 7.90. The number of guanidine groups is 1. The average Bonchev–Trinajstić information content (AvgIpc) is 2.71. The maximum atomic E-state index is 12.9. The summed E-state index contributed by atoms with van der Waals surface area (Å²) in [6, 6.07) is 10.1. The van der Waals surface area contributed by atoms with Gasteiger partial charge in [0, 0.05) is 43.6 Å². The number of hydrogen-bond donors (Lipinski definition) is 4. The molecule has 0 radical (unpaired) electrons. The summed E-state index contributed by atoms with van der Waals surface area (Å²) in [6.07, 6.45) is 2.58. The summed E-state index contributed by atoms with van der Waals surface area (Å²) in [7, 11) is -0.135. The van der Waals surface area contributed by atoms with Crippen molar-refractivity contribution in [2.45, 2.75) is 23.8 Å². The van der Waals surface area contributed by atoms with Gasteiger partial charge in [0.1, 0.15) is 0 Å². The highest BCUT2D eigenvalue weighted by Crippen LogP contribution is 2.29. The Morgan fingerprint density at radius 3 is 2.52 bits per heavy atom. The molecule has 10 heteroatoms. The van der Waals surface area contributed by atoms with Crippen LogP contribution in [0, 0.1) is 0 Å². The van der Waals surface area contributed by atoms with Crippen LogP contribution in [0.5, 0.6) is 0 Å². The quantitative estimate of drug-likeness (QED) is 0.175. The molecule has 0 unspecified atom stereocenters. The molecule has 0 aromatic heterocycles. The van der Waals surface area contributed by atoms with Crippen LogP contribution in [0.3, 0.4) is 0 Å². The molecule has 2 rings (SSSR count). The van der Waals surface area contributed by atoms with Crippen LogP contribution in [0.15, 0.2) is 58.9 Å². The molecule has 0 fully saturated rings. The first kappa shape index (κ1) is 24.2. The molecule has 0 saturated heterocycles. The minimum absolute atomic E-state index is 0.120. The molecule has 0 saturated carbocycles. The summed E-state index contributed by atoms with van der Waals surface area (Å²) in [4.78, 5) is 17.5. The molecule has 0 spiro atoms. The number of primary amides is 1. The molecular formula is C21H30N6O3S. The first-order chi connectivity index (χ1) is 14.7. The predicted molar refractivity (Wildman–Crippen MR) is 126 cm³/mol. The average molecular weight is 447 g/mol. The fourth-order valence-corrected chi connectivity index (χ4v) is 4.35. The number of nitrogens with zero attached hydrogens (tertiary/aromatic N) is 2. The van der Waals surface area contributed by atoms with Gasteiger partial charge in [-0.25, -0.2) is 13.1 Å². The van der Waals surface area contributed by atoms with E-state index in [1.165, 1.54) is 6.07 Å². The number of anilines is 1. The van der Waals surface area contributed by atoms with E-state index in [1.807, 2.05) is 37.2 Å². The van der Waals surface area contributed by atoms with E-state index in [2.05, 4.69) is 21.6 Å². The van der Waals surface area contributed by atoms with Crippen molar-refractivity contribution in [2.75, 3.05) is 32.1 Å². The van der Waals surface area contributed by atoms with Crippen LogP contribution in [0.4, 0.5) is 5.69 Å². The number of rotatable bonds is 11. The lowest BCUT2D eigenvalue weighted by molar-refractivity contribution is -0.120. The van der Waals surface area contributed by atoms with Crippen LogP contribution in [-0.2, 0) is 14.8 Å². The van der Waals surface area contributed by atoms with Crippen molar-refractivity contribution in [1.82, 2.24) is 10.0 Å². The third-order valence-corrected chi connectivity index (χ3v) is 6.07. The molecule has 0 aliphatic rings. The first-order valence-corrected chi connectivity index (χ1v) is 11.3. The number of benzene rings is 2. The Morgan fingerprint density at radius 1 is 1.19 bits per heavy atom. The standard InChI is InChI=1S/C21H30N6O3S/c1-4-13-24-17(20(22)28)10-7-14-25-21(23)26-31(29,30)19-12-6-8-15-16(19)9-5-11-18(15)27(2)3/h4-6,8-9,11-12,17,24H,1,7,10,13-14H2,2-3H3,(H2,22,28)(H3,23,25,26)/t17-/m0/s1. The van der Waals surface area contributed by atoms with Gasteiger partial charge in [-0.1, -0.05) is 30.3 Å². The number of carbonyl (C=O) groups is 1. The van der Waals surface area contributed by atoms with Gasteiger partial charge in [-0.2, -0.15) is 0 Å². The van der Waals surface area contributed by atoms with E-state index in [-0.39, 0.29) is 17.4 Å². The minimum Gasteiger partial charge on any atom is -0.377 e. The number of aliphatic imine (C=N–C) groups is 1.